The summed E-state index contributed by atoms with van der Waals surface area (Å²) < 4.78 is 5.37. The van der Waals surface area contributed by atoms with E-state index in [1.807, 2.05) is 18.2 Å². The van der Waals surface area contributed by atoms with Crippen LogP contribution in [-0.2, 0) is 9.59 Å². The molecule has 2 aromatic rings. The van der Waals surface area contributed by atoms with E-state index in [9.17, 15) is 24.8 Å². The molecular formula is C25H30N4O5. The molecule has 4 N–H and O–H groups in total. The minimum Gasteiger partial charge on any atom is -0.496 e. The van der Waals surface area contributed by atoms with Gasteiger partial charge in [0, 0.05) is 35.7 Å². The molecule has 0 spiro atoms. The first kappa shape index (κ1) is 23.8. The Morgan fingerprint density at radius 3 is 2.74 bits per heavy atom. The second-order valence-electron chi connectivity index (χ2n) is 9.31. The van der Waals surface area contributed by atoms with Gasteiger partial charge in [-0.05, 0) is 43.4 Å². The molecule has 2 fully saturated rings. The Hall–Kier alpha value is -3.38. The zero-order valence-corrected chi connectivity index (χ0v) is 19.2. The van der Waals surface area contributed by atoms with Gasteiger partial charge in [-0.25, -0.2) is 0 Å². The molecule has 4 atom stereocenters. The molecule has 1 aliphatic carbocycles. The van der Waals surface area contributed by atoms with Crippen LogP contribution in [0.5, 0.6) is 5.75 Å². The summed E-state index contributed by atoms with van der Waals surface area (Å²) in [6.45, 7) is 0.543. The lowest BCUT2D eigenvalue weighted by Crippen LogP contribution is -2.47. The summed E-state index contributed by atoms with van der Waals surface area (Å²) in [5, 5.41) is 25.7. The van der Waals surface area contributed by atoms with Crippen molar-refractivity contribution in [3.05, 3.63) is 30.0 Å². The van der Waals surface area contributed by atoms with Gasteiger partial charge in [0.25, 0.3) is 0 Å². The van der Waals surface area contributed by atoms with Gasteiger partial charge in [-0.15, -0.1) is 0 Å². The fourth-order valence-electron chi connectivity index (χ4n) is 4.66. The molecule has 1 aliphatic heterocycles. The number of ketones is 1. The second kappa shape index (κ2) is 10.3. The van der Waals surface area contributed by atoms with Gasteiger partial charge in [-0.1, -0.05) is 18.9 Å². The first-order chi connectivity index (χ1) is 16.4. The Balaban J connectivity index is 1.48. The van der Waals surface area contributed by atoms with E-state index in [2.05, 4.69) is 15.6 Å². The fraction of sp³-hybridized carbons (Fsp3) is 0.520. The van der Waals surface area contributed by atoms with E-state index in [1.165, 1.54) is 0 Å². The number of Topliss-reactive ketones (excluding diaryl/α,β-unsaturated/α-hetero) is 1. The van der Waals surface area contributed by atoms with Crippen LogP contribution in [0.4, 0.5) is 0 Å². The first-order valence-corrected chi connectivity index (χ1v) is 11.7. The minimum absolute atomic E-state index is 0.0107. The normalized spacial score (nSPS) is 20.3. The molecule has 1 saturated heterocycles. The molecule has 1 aromatic heterocycles. The minimum atomic E-state index is -1.43. The number of methoxy groups -OCH3 is 1. The summed E-state index contributed by atoms with van der Waals surface area (Å²) in [5.74, 6) is -0.588. The molecule has 9 heteroatoms. The maximum absolute atomic E-state index is 13.2. The van der Waals surface area contributed by atoms with Gasteiger partial charge in [0.15, 0.2) is 11.9 Å². The number of nitriles is 1. The number of amides is 2. The summed E-state index contributed by atoms with van der Waals surface area (Å²) in [6, 6.07) is 8.14. The smallest absolute Gasteiger partial charge is 0.223 e. The van der Waals surface area contributed by atoms with Crippen molar-refractivity contribution in [3.63, 3.8) is 0 Å². The van der Waals surface area contributed by atoms with E-state index >= 15 is 0 Å². The molecule has 4 unspecified atom stereocenters. The standard InChI is InChI=1S/C25H30N4O5/c1-34-23-4-2-3-18-17(23)12-20(28-18)21(30)11-16(9-14-5-6-14)25(33)29-19(22(31)13-26)10-15-7-8-27-24(15)32/h2-4,12,14-16,19,22,28,31H,5-11H2,1H3,(H,27,32)(H,29,33). The third-order valence-electron chi connectivity index (χ3n) is 6.80. The van der Waals surface area contributed by atoms with Gasteiger partial charge < -0.3 is 25.5 Å². The molecule has 9 nitrogen and oxygen atoms in total. The number of carbonyl (C=O) groups is 3. The number of benzene rings is 1. The van der Waals surface area contributed by atoms with Crippen molar-refractivity contribution in [1.29, 1.82) is 5.26 Å². The number of carbonyl (C=O) groups excluding carboxylic acids is 3. The largest absolute Gasteiger partial charge is 0.496 e. The van der Waals surface area contributed by atoms with Crippen molar-refractivity contribution in [1.82, 2.24) is 15.6 Å². The van der Waals surface area contributed by atoms with E-state index in [-0.39, 0.29) is 36.4 Å². The number of nitrogens with one attached hydrogen (secondary N) is 3. The van der Waals surface area contributed by atoms with Crippen LogP contribution in [0.15, 0.2) is 24.3 Å². The first-order valence-electron chi connectivity index (χ1n) is 11.7. The summed E-state index contributed by atoms with van der Waals surface area (Å²) in [5.41, 5.74) is 1.18. The average Bonchev–Trinajstić information content (AvgIpc) is 3.39. The van der Waals surface area contributed by atoms with Gasteiger partial charge in [-0.2, -0.15) is 5.26 Å². The number of rotatable bonds is 11. The van der Waals surface area contributed by atoms with E-state index in [0.29, 0.717) is 36.7 Å². The van der Waals surface area contributed by atoms with Crippen LogP contribution >= 0.6 is 0 Å². The highest BCUT2D eigenvalue weighted by atomic mass is 16.5. The average molecular weight is 467 g/mol. The maximum atomic E-state index is 13.2. The van der Waals surface area contributed by atoms with E-state index < -0.39 is 18.1 Å². The zero-order chi connectivity index (χ0) is 24.2. The van der Waals surface area contributed by atoms with Crippen molar-refractivity contribution in [3.8, 4) is 11.8 Å². The highest BCUT2D eigenvalue weighted by Gasteiger charge is 2.35. The summed E-state index contributed by atoms with van der Waals surface area (Å²) in [7, 11) is 1.57. The maximum Gasteiger partial charge on any atom is 0.223 e. The predicted octanol–water partition coefficient (Wildman–Crippen LogP) is 2.06. The SMILES string of the molecule is COc1cccc2[nH]c(C(=O)CC(CC3CC3)C(=O)NC(CC3CCNC3=O)C(O)C#N)cc12. The third-order valence-corrected chi connectivity index (χ3v) is 6.80. The molecule has 1 aromatic carbocycles. The van der Waals surface area contributed by atoms with Crippen LogP contribution in [0.1, 0.15) is 49.0 Å². The molecule has 4 rings (SSSR count). The van der Waals surface area contributed by atoms with Crippen LogP contribution in [-0.4, -0.2) is 53.5 Å². The lowest BCUT2D eigenvalue weighted by molar-refractivity contribution is -0.128. The Morgan fingerprint density at radius 2 is 2.09 bits per heavy atom. The highest BCUT2D eigenvalue weighted by molar-refractivity contribution is 6.02. The summed E-state index contributed by atoms with van der Waals surface area (Å²) in [6.07, 6.45) is 1.96. The van der Waals surface area contributed by atoms with Gasteiger partial charge >= 0.3 is 0 Å². The number of aliphatic hydroxyl groups is 1. The molecule has 2 aliphatic rings. The second-order valence-corrected chi connectivity index (χ2v) is 9.31. The molecule has 0 bridgehead atoms. The Kier molecular flexibility index (Phi) is 7.17. The number of nitrogens with zero attached hydrogens (tertiary/aromatic N) is 1. The van der Waals surface area contributed by atoms with Gasteiger partial charge in [0.05, 0.1) is 24.9 Å². The van der Waals surface area contributed by atoms with Gasteiger partial charge in [0.1, 0.15) is 5.75 Å². The summed E-state index contributed by atoms with van der Waals surface area (Å²) in [4.78, 5) is 41.4. The number of fused-ring (bicyclic) bond motifs is 1. The van der Waals surface area contributed by atoms with Crippen LogP contribution in [0, 0.1) is 29.1 Å². The van der Waals surface area contributed by atoms with Gasteiger partial charge in [0.2, 0.25) is 11.8 Å². The van der Waals surface area contributed by atoms with Crippen molar-refractivity contribution in [2.24, 2.45) is 17.8 Å². The monoisotopic (exact) mass is 466 g/mol. The van der Waals surface area contributed by atoms with Crippen LogP contribution in [0.2, 0.25) is 0 Å². The summed E-state index contributed by atoms with van der Waals surface area (Å²) >= 11 is 0. The number of aromatic amines is 1. The Labute approximate surface area is 197 Å². The van der Waals surface area contributed by atoms with Crippen LogP contribution < -0.4 is 15.4 Å². The number of hydrogen-bond donors (Lipinski definition) is 4. The Morgan fingerprint density at radius 1 is 1.29 bits per heavy atom. The van der Waals surface area contributed by atoms with E-state index in [0.717, 1.165) is 23.7 Å². The lowest BCUT2D eigenvalue weighted by Gasteiger charge is -2.25. The number of hydrogen-bond acceptors (Lipinski definition) is 6. The zero-order valence-electron chi connectivity index (χ0n) is 19.2. The molecule has 1 saturated carbocycles. The topological polar surface area (TPSA) is 144 Å². The van der Waals surface area contributed by atoms with E-state index in [4.69, 9.17) is 4.74 Å². The number of H-pyrrole nitrogens is 1. The number of aliphatic hydroxyl groups excluding tert-OH is 1. The molecule has 2 heterocycles. The number of ether oxygens (including phenoxy) is 1. The van der Waals surface area contributed by atoms with Crippen molar-refractivity contribution in [2.75, 3.05) is 13.7 Å². The molecule has 34 heavy (non-hydrogen) atoms. The van der Waals surface area contributed by atoms with Crippen molar-refractivity contribution >= 4 is 28.5 Å². The van der Waals surface area contributed by atoms with Crippen LogP contribution in [0.25, 0.3) is 10.9 Å². The molecule has 2 amide bonds. The third kappa shape index (κ3) is 5.39. The van der Waals surface area contributed by atoms with Crippen molar-refractivity contribution < 1.29 is 24.2 Å². The lowest BCUT2D eigenvalue weighted by atomic mass is 9.91. The van der Waals surface area contributed by atoms with Crippen LogP contribution in [0.3, 0.4) is 0 Å². The van der Waals surface area contributed by atoms with Gasteiger partial charge in [-0.3, -0.25) is 14.4 Å². The highest BCUT2D eigenvalue weighted by Crippen LogP contribution is 2.37. The quantitative estimate of drug-likeness (QED) is 0.295. The number of aromatic nitrogens is 1. The Bertz CT molecular complexity index is 1120. The van der Waals surface area contributed by atoms with Crippen molar-refractivity contribution in [2.45, 2.75) is 50.7 Å². The molecule has 180 valence electrons. The fourth-order valence-corrected chi connectivity index (χ4v) is 4.66. The van der Waals surface area contributed by atoms with E-state index in [1.54, 1.807) is 19.2 Å². The molecular weight excluding hydrogens is 436 g/mol. The molecule has 0 radical (unpaired) electrons. The predicted molar refractivity (Wildman–Crippen MR) is 124 cm³/mol.